The highest BCUT2D eigenvalue weighted by Gasteiger charge is 2.19. The van der Waals surface area contributed by atoms with Crippen molar-refractivity contribution in [2.75, 3.05) is 19.6 Å². The molecule has 4 heteroatoms. The summed E-state index contributed by atoms with van der Waals surface area (Å²) < 4.78 is 14.1. The summed E-state index contributed by atoms with van der Waals surface area (Å²) in [5.41, 5.74) is 6.81. The van der Waals surface area contributed by atoms with Gasteiger partial charge >= 0.3 is 0 Å². The van der Waals surface area contributed by atoms with Crippen LogP contribution in [0.3, 0.4) is 0 Å². The van der Waals surface area contributed by atoms with Crippen LogP contribution in [0.4, 0.5) is 4.39 Å². The number of hydrogen-bond acceptors (Lipinski definition) is 2. The Morgan fingerprint density at radius 1 is 1.39 bits per heavy atom. The topological polar surface area (TPSA) is 29.3 Å². The second-order valence-corrected chi connectivity index (χ2v) is 5.76. The van der Waals surface area contributed by atoms with E-state index < -0.39 is 0 Å². The first kappa shape index (κ1) is 15.6. The molecule has 1 rings (SSSR count). The Bertz CT molecular complexity index is 382. The van der Waals surface area contributed by atoms with Crippen molar-refractivity contribution in [1.29, 1.82) is 0 Å². The fraction of sp³-hybridized carbons (Fsp3) is 0.571. The molecule has 0 aliphatic heterocycles. The van der Waals surface area contributed by atoms with Gasteiger partial charge in [0.15, 0.2) is 0 Å². The summed E-state index contributed by atoms with van der Waals surface area (Å²) in [6.07, 6.45) is 0. The van der Waals surface area contributed by atoms with E-state index in [1.807, 2.05) is 6.07 Å². The summed E-state index contributed by atoms with van der Waals surface area (Å²) in [5.74, 6) is 0.339. The zero-order valence-corrected chi connectivity index (χ0v) is 12.9. The first-order valence-corrected chi connectivity index (χ1v) is 7.17. The van der Waals surface area contributed by atoms with Gasteiger partial charge < -0.3 is 5.73 Å². The smallest absolute Gasteiger partial charge is 0.137 e. The van der Waals surface area contributed by atoms with E-state index in [1.165, 1.54) is 0 Å². The number of nitrogens with two attached hydrogens (primary N) is 1. The second-order valence-electron chi connectivity index (χ2n) is 4.91. The minimum atomic E-state index is -0.230. The fourth-order valence-electron chi connectivity index (χ4n) is 2.16. The fourth-order valence-corrected chi connectivity index (χ4v) is 2.41. The van der Waals surface area contributed by atoms with E-state index in [0.29, 0.717) is 16.9 Å². The van der Waals surface area contributed by atoms with Crippen molar-refractivity contribution < 1.29 is 4.39 Å². The van der Waals surface area contributed by atoms with Gasteiger partial charge in [0.2, 0.25) is 0 Å². The van der Waals surface area contributed by atoms with Crippen molar-refractivity contribution >= 4 is 15.9 Å². The molecule has 0 radical (unpaired) electrons. The molecule has 1 aromatic rings. The normalized spacial score (nSPS) is 13.3. The molecule has 1 atom stereocenters. The third kappa shape index (κ3) is 4.04. The lowest BCUT2D eigenvalue weighted by molar-refractivity contribution is 0.189. The molecule has 0 amide bonds. The van der Waals surface area contributed by atoms with Gasteiger partial charge in [-0.2, -0.15) is 0 Å². The molecule has 18 heavy (non-hydrogen) atoms. The van der Waals surface area contributed by atoms with Gasteiger partial charge in [-0.3, -0.25) is 4.90 Å². The van der Waals surface area contributed by atoms with E-state index >= 15 is 0 Å². The standard InChI is InChI=1S/C14H22BrFN2/c1-4-18(9-10(2)3)14(8-17)11-5-6-12(15)13(16)7-11/h5-7,10,14H,4,8-9,17H2,1-3H3. The van der Waals surface area contributed by atoms with Crippen LogP contribution in [0.2, 0.25) is 0 Å². The Hall–Kier alpha value is -0.450. The zero-order valence-electron chi connectivity index (χ0n) is 11.3. The average Bonchev–Trinajstić information content (AvgIpc) is 2.32. The summed E-state index contributed by atoms with van der Waals surface area (Å²) in [4.78, 5) is 2.30. The molecule has 2 N–H and O–H groups in total. The molecule has 0 aliphatic rings. The van der Waals surface area contributed by atoms with Gasteiger partial charge in [-0.1, -0.05) is 26.8 Å². The number of halogens is 2. The Morgan fingerprint density at radius 2 is 2.06 bits per heavy atom. The predicted molar refractivity (Wildman–Crippen MR) is 78.0 cm³/mol. The molecule has 0 saturated heterocycles. The summed E-state index contributed by atoms with van der Waals surface area (Å²) >= 11 is 3.17. The summed E-state index contributed by atoms with van der Waals surface area (Å²) in [6.45, 7) is 8.85. The van der Waals surface area contributed by atoms with Crippen LogP contribution in [0.25, 0.3) is 0 Å². The van der Waals surface area contributed by atoms with Crippen LogP contribution < -0.4 is 5.73 Å². The van der Waals surface area contributed by atoms with E-state index in [9.17, 15) is 4.39 Å². The van der Waals surface area contributed by atoms with Crippen molar-refractivity contribution in [2.45, 2.75) is 26.8 Å². The second kappa shape index (κ2) is 7.22. The maximum atomic E-state index is 13.6. The third-order valence-corrected chi connectivity index (χ3v) is 3.64. The van der Waals surface area contributed by atoms with E-state index in [0.717, 1.165) is 18.7 Å². The molecular formula is C14H22BrFN2. The van der Waals surface area contributed by atoms with Crippen molar-refractivity contribution in [2.24, 2.45) is 11.7 Å². The number of rotatable bonds is 6. The minimum absolute atomic E-state index is 0.0833. The van der Waals surface area contributed by atoms with E-state index in [-0.39, 0.29) is 11.9 Å². The van der Waals surface area contributed by atoms with Crippen LogP contribution in [0, 0.1) is 11.7 Å². The maximum Gasteiger partial charge on any atom is 0.137 e. The van der Waals surface area contributed by atoms with Gasteiger partial charge in [-0.15, -0.1) is 0 Å². The van der Waals surface area contributed by atoms with Crippen LogP contribution in [0.15, 0.2) is 22.7 Å². The summed E-state index contributed by atoms with van der Waals surface area (Å²) in [6, 6.07) is 5.34. The molecule has 102 valence electrons. The molecule has 0 spiro atoms. The van der Waals surface area contributed by atoms with Crippen molar-refractivity contribution in [3.63, 3.8) is 0 Å². The van der Waals surface area contributed by atoms with Crippen molar-refractivity contribution in [3.05, 3.63) is 34.1 Å². The van der Waals surface area contributed by atoms with Gasteiger partial charge in [0.1, 0.15) is 5.82 Å². The molecule has 0 bridgehead atoms. The van der Waals surface area contributed by atoms with E-state index in [2.05, 4.69) is 41.6 Å². The molecule has 1 aromatic carbocycles. The number of likely N-dealkylation sites (N-methyl/N-ethyl adjacent to an activating group) is 1. The van der Waals surface area contributed by atoms with E-state index in [4.69, 9.17) is 5.73 Å². The first-order chi connectivity index (χ1) is 8.49. The van der Waals surface area contributed by atoms with Crippen LogP contribution >= 0.6 is 15.9 Å². The molecule has 0 fully saturated rings. The molecule has 0 saturated carbocycles. The van der Waals surface area contributed by atoms with Gasteiger partial charge in [-0.05, 0) is 46.1 Å². The lowest BCUT2D eigenvalue weighted by atomic mass is 10.0. The SMILES string of the molecule is CCN(CC(C)C)C(CN)c1ccc(Br)c(F)c1. The molecule has 0 aliphatic carbocycles. The van der Waals surface area contributed by atoms with Gasteiger partial charge in [0.25, 0.3) is 0 Å². The highest BCUT2D eigenvalue weighted by atomic mass is 79.9. The third-order valence-electron chi connectivity index (χ3n) is 3.00. The minimum Gasteiger partial charge on any atom is -0.329 e. The largest absolute Gasteiger partial charge is 0.329 e. The lowest BCUT2D eigenvalue weighted by Crippen LogP contribution is -2.36. The number of nitrogens with zero attached hydrogens (tertiary/aromatic N) is 1. The Kier molecular flexibility index (Phi) is 6.26. The van der Waals surface area contributed by atoms with Crippen LogP contribution in [0.1, 0.15) is 32.4 Å². The molecule has 1 unspecified atom stereocenters. The molecular weight excluding hydrogens is 295 g/mol. The van der Waals surface area contributed by atoms with Gasteiger partial charge in [0.05, 0.1) is 4.47 Å². The molecule has 0 aromatic heterocycles. The Balaban J connectivity index is 2.95. The van der Waals surface area contributed by atoms with Crippen molar-refractivity contribution in [3.8, 4) is 0 Å². The summed E-state index contributed by atoms with van der Waals surface area (Å²) in [5, 5.41) is 0. The Labute approximate surface area is 117 Å². The predicted octanol–water partition coefficient (Wildman–Crippen LogP) is 3.57. The summed E-state index contributed by atoms with van der Waals surface area (Å²) in [7, 11) is 0. The number of benzene rings is 1. The zero-order chi connectivity index (χ0) is 13.7. The highest BCUT2D eigenvalue weighted by Crippen LogP contribution is 2.24. The quantitative estimate of drug-likeness (QED) is 0.869. The van der Waals surface area contributed by atoms with E-state index in [1.54, 1.807) is 12.1 Å². The Morgan fingerprint density at radius 3 is 2.50 bits per heavy atom. The highest BCUT2D eigenvalue weighted by molar-refractivity contribution is 9.10. The maximum absolute atomic E-state index is 13.6. The first-order valence-electron chi connectivity index (χ1n) is 6.38. The van der Waals surface area contributed by atoms with Crippen LogP contribution in [0.5, 0.6) is 0 Å². The van der Waals surface area contributed by atoms with Crippen molar-refractivity contribution in [1.82, 2.24) is 4.90 Å². The monoisotopic (exact) mass is 316 g/mol. The van der Waals surface area contributed by atoms with Crippen LogP contribution in [-0.2, 0) is 0 Å². The van der Waals surface area contributed by atoms with Gasteiger partial charge in [0, 0.05) is 19.1 Å². The molecule has 2 nitrogen and oxygen atoms in total. The molecule has 0 heterocycles. The van der Waals surface area contributed by atoms with Crippen LogP contribution in [-0.4, -0.2) is 24.5 Å². The van der Waals surface area contributed by atoms with Gasteiger partial charge in [-0.25, -0.2) is 4.39 Å². The number of hydrogen-bond donors (Lipinski definition) is 1. The lowest BCUT2D eigenvalue weighted by Gasteiger charge is -2.31. The average molecular weight is 317 g/mol.